The van der Waals surface area contributed by atoms with E-state index in [4.69, 9.17) is 5.26 Å². The van der Waals surface area contributed by atoms with E-state index in [1.54, 1.807) is 0 Å². The fraction of sp³-hybridized carbons (Fsp3) is 0.652. The number of benzene rings is 1. The van der Waals surface area contributed by atoms with Gasteiger partial charge in [-0.05, 0) is 69.2 Å². The molecule has 1 amide bonds. The van der Waals surface area contributed by atoms with E-state index < -0.39 is 0 Å². The van der Waals surface area contributed by atoms with E-state index in [2.05, 4.69) is 61.4 Å². The molecule has 158 valence electrons. The molecule has 6 heteroatoms. The Labute approximate surface area is 183 Å². The minimum Gasteiger partial charge on any atom is -0.369 e. The van der Waals surface area contributed by atoms with Crippen molar-refractivity contribution in [1.82, 2.24) is 10.2 Å². The largest absolute Gasteiger partial charge is 0.369 e. The maximum absolute atomic E-state index is 11.9. The average Bonchev–Trinajstić information content (AvgIpc) is 2.74. The fourth-order valence-electron chi connectivity index (χ4n) is 4.49. The Kier molecular flexibility index (Phi) is 8.82. The summed E-state index contributed by atoms with van der Waals surface area (Å²) < 4.78 is 1.14. The van der Waals surface area contributed by atoms with Gasteiger partial charge in [-0.3, -0.25) is 9.69 Å². The molecule has 29 heavy (non-hydrogen) atoms. The number of amides is 1. The van der Waals surface area contributed by atoms with Crippen LogP contribution in [0.4, 0.5) is 5.69 Å². The summed E-state index contributed by atoms with van der Waals surface area (Å²) in [6.45, 7) is 5.67. The highest BCUT2D eigenvalue weighted by Gasteiger charge is 2.24. The van der Waals surface area contributed by atoms with Gasteiger partial charge in [0.2, 0.25) is 5.91 Å². The summed E-state index contributed by atoms with van der Waals surface area (Å²) in [7, 11) is 0. The molecule has 1 aliphatic carbocycles. The van der Waals surface area contributed by atoms with E-state index >= 15 is 0 Å². The Morgan fingerprint density at radius 3 is 2.62 bits per heavy atom. The Bertz CT molecular complexity index is 688. The van der Waals surface area contributed by atoms with E-state index in [9.17, 15) is 4.79 Å². The zero-order valence-electron chi connectivity index (χ0n) is 17.3. The van der Waals surface area contributed by atoms with Gasteiger partial charge in [-0.1, -0.05) is 22.0 Å². The fourth-order valence-corrected chi connectivity index (χ4v) is 4.88. The van der Waals surface area contributed by atoms with Crippen LogP contribution in [0, 0.1) is 17.2 Å². The zero-order chi connectivity index (χ0) is 20.5. The minimum absolute atomic E-state index is 0.118. The molecule has 0 bridgehead atoms. The average molecular weight is 461 g/mol. The number of piperazine rings is 1. The minimum atomic E-state index is 0.118. The van der Waals surface area contributed by atoms with Gasteiger partial charge in [0.05, 0.1) is 6.07 Å². The summed E-state index contributed by atoms with van der Waals surface area (Å²) in [6, 6.07) is 11.0. The molecule has 1 aliphatic heterocycles. The second-order valence-corrected chi connectivity index (χ2v) is 9.31. The van der Waals surface area contributed by atoms with Crippen molar-refractivity contribution in [1.29, 1.82) is 5.26 Å². The summed E-state index contributed by atoms with van der Waals surface area (Å²) >= 11 is 3.57. The lowest BCUT2D eigenvalue weighted by Crippen LogP contribution is -2.47. The molecule has 1 saturated heterocycles. The number of hydrogen-bond donors (Lipinski definition) is 1. The lowest BCUT2D eigenvalue weighted by molar-refractivity contribution is -0.122. The van der Waals surface area contributed by atoms with Gasteiger partial charge in [0.15, 0.2) is 0 Å². The molecule has 2 aliphatic rings. The molecular formula is C23H33BrN4O. The molecule has 1 aromatic rings. The van der Waals surface area contributed by atoms with Crippen molar-refractivity contribution in [3.63, 3.8) is 0 Å². The highest BCUT2D eigenvalue weighted by Crippen LogP contribution is 2.28. The van der Waals surface area contributed by atoms with Crippen molar-refractivity contribution in [2.24, 2.45) is 5.92 Å². The molecule has 3 rings (SSSR count). The highest BCUT2D eigenvalue weighted by atomic mass is 79.9. The number of anilines is 1. The van der Waals surface area contributed by atoms with E-state index in [-0.39, 0.29) is 5.91 Å². The van der Waals surface area contributed by atoms with Crippen LogP contribution in [-0.4, -0.2) is 49.6 Å². The van der Waals surface area contributed by atoms with Crippen molar-refractivity contribution in [2.45, 2.75) is 57.4 Å². The van der Waals surface area contributed by atoms with Crippen LogP contribution in [0.5, 0.6) is 0 Å². The van der Waals surface area contributed by atoms with Crippen LogP contribution in [0.1, 0.15) is 51.4 Å². The summed E-state index contributed by atoms with van der Waals surface area (Å²) in [5.41, 5.74) is 1.31. The van der Waals surface area contributed by atoms with Gasteiger partial charge in [0.1, 0.15) is 0 Å². The van der Waals surface area contributed by atoms with E-state index in [0.717, 1.165) is 49.4 Å². The van der Waals surface area contributed by atoms with Gasteiger partial charge in [-0.2, -0.15) is 5.26 Å². The van der Waals surface area contributed by atoms with Crippen molar-refractivity contribution >= 4 is 27.5 Å². The summed E-state index contributed by atoms with van der Waals surface area (Å²) in [5, 5.41) is 11.7. The number of carbonyl (C=O) groups is 1. The normalized spacial score (nSPS) is 22.8. The van der Waals surface area contributed by atoms with Crippen LogP contribution in [0.15, 0.2) is 28.7 Å². The smallest absolute Gasteiger partial charge is 0.220 e. The van der Waals surface area contributed by atoms with E-state index in [1.165, 1.54) is 31.5 Å². The number of nitrogens with one attached hydrogen (secondary N) is 1. The Morgan fingerprint density at radius 1 is 1.17 bits per heavy atom. The number of rotatable bonds is 8. The molecule has 2 fully saturated rings. The van der Waals surface area contributed by atoms with Crippen molar-refractivity contribution in [2.75, 3.05) is 37.6 Å². The highest BCUT2D eigenvalue weighted by molar-refractivity contribution is 9.10. The predicted molar refractivity (Wildman–Crippen MR) is 121 cm³/mol. The second kappa shape index (κ2) is 11.6. The van der Waals surface area contributed by atoms with Crippen molar-refractivity contribution < 1.29 is 4.79 Å². The third-order valence-corrected chi connectivity index (χ3v) is 6.80. The molecule has 0 aromatic heterocycles. The number of halogens is 1. The molecule has 5 nitrogen and oxygen atoms in total. The topological polar surface area (TPSA) is 59.4 Å². The standard InChI is InChI=1S/C23H33BrN4O/c24-20-4-3-5-22(18-20)28-16-14-27(15-17-28)13-11-19-7-9-21(10-8-19)26-23(29)6-1-2-12-25/h3-5,18-19,21H,1-2,6-11,13-17H2,(H,26,29)/t19-,21-. The summed E-state index contributed by atoms with van der Waals surface area (Å²) in [5.74, 6) is 0.914. The zero-order valence-corrected chi connectivity index (χ0v) is 18.9. The second-order valence-electron chi connectivity index (χ2n) is 8.39. The maximum atomic E-state index is 11.9. The SMILES string of the molecule is N#CCCCC(=O)N[C@H]1CC[C@H](CCN2CCN(c3cccc(Br)c3)CC2)CC1. The number of nitriles is 1. The van der Waals surface area contributed by atoms with Crippen molar-refractivity contribution in [3.05, 3.63) is 28.7 Å². The van der Waals surface area contributed by atoms with Gasteiger partial charge in [0.25, 0.3) is 0 Å². The molecule has 0 radical (unpaired) electrons. The molecule has 1 N–H and O–H groups in total. The molecule has 0 spiro atoms. The predicted octanol–water partition coefficient (Wildman–Crippen LogP) is 4.33. The first-order chi connectivity index (χ1) is 14.1. The van der Waals surface area contributed by atoms with Crippen LogP contribution in [0.3, 0.4) is 0 Å². The van der Waals surface area contributed by atoms with Gasteiger partial charge in [-0.15, -0.1) is 0 Å². The molecule has 0 atom stereocenters. The number of nitrogens with zero attached hydrogens (tertiary/aromatic N) is 3. The van der Waals surface area contributed by atoms with Gasteiger partial charge < -0.3 is 10.2 Å². The van der Waals surface area contributed by atoms with Crippen LogP contribution < -0.4 is 10.2 Å². The molecule has 0 unspecified atom stereocenters. The van der Waals surface area contributed by atoms with Crippen LogP contribution >= 0.6 is 15.9 Å². The first-order valence-electron chi connectivity index (χ1n) is 11.0. The van der Waals surface area contributed by atoms with E-state index in [1.807, 2.05) is 0 Å². The van der Waals surface area contributed by atoms with Crippen LogP contribution in [-0.2, 0) is 4.79 Å². The third kappa shape index (κ3) is 7.31. The van der Waals surface area contributed by atoms with Crippen LogP contribution in [0.2, 0.25) is 0 Å². The molecule has 1 aromatic carbocycles. The van der Waals surface area contributed by atoms with Gasteiger partial charge in [-0.25, -0.2) is 0 Å². The Hall–Kier alpha value is -1.58. The summed E-state index contributed by atoms with van der Waals surface area (Å²) in [4.78, 5) is 17.0. The lowest BCUT2D eigenvalue weighted by Gasteiger charge is -2.37. The molecule has 1 saturated carbocycles. The first-order valence-corrected chi connectivity index (χ1v) is 11.8. The molecular weight excluding hydrogens is 428 g/mol. The Balaban J connectivity index is 1.29. The van der Waals surface area contributed by atoms with Crippen molar-refractivity contribution in [3.8, 4) is 6.07 Å². The summed E-state index contributed by atoms with van der Waals surface area (Å²) in [6.07, 6.45) is 7.56. The number of unbranched alkanes of at least 4 members (excludes halogenated alkanes) is 1. The lowest BCUT2D eigenvalue weighted by atomic mass is 9.84. The van der Waals surface area contributed by atoms with E-state index in [0.29, 0.717) is 25.3 Å². The van der Waals surface area contributed by atoms with Gasteiger partial charge >= 0.3 is 0 Å². The first kappa shape index (κ1) is 22.1. The maximum Gasteiger partial charge on any atom is 0.220 e. The van der Waals surface area contributed by atoms with Crippen LogP contribution in [0.25, 0.3) is 0 Å². The monoisotopic (exact) mass is 460 g/mol. The number of carbonyl (C=O) groups excluding carboxylic acids is 1. The quantitative estimate of drug-likeness (QED) is 0.586. The third-order valence-electron chi connectivity index (χ3n) is 6.30. The Morgan fingerprint density at radius 2 is 1.93 bits per heavy atom. The van der Waals surface area contributed by atoms with Gasteiger partial charge in [0, 0.05) is 55.2 Å². The molecule has 1 heterocycles. The number of hydrogen-bond acceptors (Lipinski definition) is 4.